The lowest BCUT2D eigenvalue weighted by Crippen LogP contribution is -2.44. The molecule has 3 rings (SSSR count). The Hall–Kier alpha value is -2.41. The van der Waals surface area contributed by atoms with E-state index in [-0.39, 0.29) is 17.7 Å². The second-order valence-electron chi connectivity index (χ2n) is 5.76. The van der Waals surface area contributed by atoms with E-state index in [0.717, 1.165) is 29.2 Å². The van der Waals surface area contributed by atoms with Crippen LogP contribution in [0, 0.1) is 5.92 Å². The molecule has 2 aromatic rings. The van der Waals surface area contributed by atoms with Gasteiger partial charge in [0.2, 0.25) is 5.91 Å². The van der Waals surface area contributed by atoms with E-state index in [2.05, 4.69) is 4.98 Å². The number of nitrogens with two attached hydrogens (primary N) is 1. The molecule has 0 spiro atoms. The molecular weight excluding hydrogens is 326 g/mol. The molecule has 1 aromatic carbocycles. The largest absolute Gasteiger partial charge is 0.497 e. The number of benzene rings is 1. The van der Waals surface area contributed by atoms with Crippen LogP contribution >= 0.6 is 11.3 Å². The summed E-state index contributed by atoms with van der Waals surface area (Å²) >= 11 is 1.42. The van der Waals surface area contributed by atoms with Gasteiger partial charge in [-0.15, -0.1) is 11.3 Å². The summed E-state index contributed by atoms with van der Waals surface area (Å²) in [4.78, 5) is 30.1. The summed E-state index contributed by atoms with van der Waals surface area (Å²) in [6, 6.07) is 7.55. The number of carbonyl (C=O) groups is 2. The number of rotatable bonds is 4. The van der Waals surface area contributed by atoms with E-state index in [1.165, 1.54) is 11.3 Å². The van der Waals surface area contributed by atoms with Crippen LogP contribution in [-0.4, -0.2) is 41.9 Å². The second-order valence-corrected chi connectivity index (χ2v) is 6.62. The van der Waals surface area contributed by atoms with E-state index in [0.29, 0.717) is 18.8 Å². The van der Waals surface area contributed by atoms with Crippen LogP contribution in [0.2, 0.25) is 0 Å². The van der Waals surface area contributed by atoms with E-state index >= 15 is 0 Å². The summed E-state index contributed by atoms with van der Waals surface area (Å²) < 4.78 is 5.14. The first kappa shape index (κ1) is 16.4. The molecule has 1 atom stereocenters. The zero-order valence-electron chi connectivity index (χ0n) is 13.4. The van der Waals surface area contributed by atoms with Gasteiger partial charge in [-0.05, 0) is 37.1 Å². The van der Waals surface area contributed by atoms with Gasteiger partial charge in [0, 0.05) is 24.0 Å². The molecule has 7 heteroatoms. The zero-order valence-corrected chi connectivity index (χ0v) is 14.2. The van der Waals surface area contributed by atoms with Crippen molar-refractivity contribution in [2.75, 3.05) is 20.2 Å². The van der Waals surface area contributed by atoms with Crippen LogP contribution in [-0.2, 0) is 4.79 Å². The number of carbonyl (C=O) groups excluding carboxylic acids is 2. The van der Waals surface area contributed by atoms with E-state index in [1.807, 2.05) is 24.3 Å². The molecule has 1 aliphatic rings. The quantitative estimate of drug-likeness (QED) is 0.920. The molecule has 1 aliphatic heterocycles. The second kappa shape index (κ2) is 7.00. The van der Waals surface area contributed by atoms with Crippen molar-refractivity contribution < 1.29 is 14.3 Å². The highest BCUT2D eigenvalue weighted by Gasteiger charge is 2.28. The molecule has 6 nitrogen and oxygen atoms in total. The van der Waals surface area contributed by atoms with Gasteiger partial charge >= 0.3 is 0 Å². The number of amides is 2. The molecule has 0 radical (unpaired) electrons. The zero-order chi connectivity index (χ0) is 17.1. The standard InChI is InChI=1S/C17H19N3O3S/c1-23-13-6-4-11(5-7-13)16-19-14(10-24-16)17(22)20-8-2-3-12(9-20)15(18)21/h4-7,10,12H,2-3,8-9H2,1H3,(H2,18,21). The minimum Gasteiger partial charge on any atom is -0.497 e. The van der Waals surface area contributed by atoms with Gasteiger partial charge in [0.25, 0.3) is 5.91 Å². The fourth-order valence-electron chi connectivity index (χ4n) is 2.79. The number of likely N-dealkylation sites (tertiary alicyclic amines) is 1. The third-order valence-corrected chi connectivity index (χ3v) is 5.06. The van der Waals surface area contributed by atoms with Crippen molar-refractivity contribution in [3.05, 3.63) is 35.3 Å². The number of primary amides is 1. The molecule has 1 fully saturated rings. The van der Waals surface area contributed by atoms with E-state index in [1.54, 1.807) is 17.4 Å². The van der Waals surface area contributed by atoms with Crippen molar-refractivity contribution in [1.29, 1.82) is 0 Å². The van der Waals surface area contributed by atoms with Crippen LogP contribution in [0.4, 0.5) is 0 Å². The maximum atomic E-state index is 12.6. The van der Waals surface area contributed by atoms with Crippen LogP contribution in [0.15, 0.2) is 29.6 Å². The summed E-state index contributed by atoms with van der Waals surface area (Å²) in [6.45, 7) is 1.02. The molecule has 24 heavy (non-hydrogen) atoms. The number of piperidine rings is 1. The van der Waals surface area contributed by atoms with Crippen molar-refractivity contribution in [3.8, 4) is 16.3 Å². The predicted molar refractivity (Wildman–Crippen MR) is 91.9 cm³/mol. The molecular formula is C17H19N3O3S. The fourth-order valence-corrected chi connectivity index (χ4v) is 3.59. The number of hydrogen-bond acceptors (Lipinski definition) is 5. The predicted octanol–water partition coefficient (Wildman–Crippen LogP) is 2.16. The summed E-state index contributed by atoms with van der Waals surface area (Å²) in [6.07, 6.45) is 1.53. The van der Waals surface area contributed by atoms with Gasteiger partial charge in [0.15, 0.2) is 0 Å². The first-order valence-electron chi connectivity index (χ1n) is 7.77. The summed E-state index contributed by atoms with van der Waals surface area (Å²) in [7, 11) is 1.62. The Morgan fingerprint density at radius 2 is 2.08 bits per heavy atom. The molecule has 0 aliphatic carbocycles. The maximum Gasteiger partial charge on any atom is 0.273 e. The lowest BCUT2D eigenvalue weighted by atomic mass is 9.97. The van der Waals surface area contributed by atoms with E-state index in [9.17, 15) is 9.59 Å². The SMILES string of the molecule is COc1ccc(-c2nc(C(=O)N3CCCC(C(N)=O)C3)cs2)cc1. The van der Waals surface area contributed by atoms with Gasteiger partial charge in [0.05, 0.1) is 13.0 Å². The van der Waals surface area contributed by atoms with Crippen LogP contribution in [0.5, 0.6) is 5.75 Å². The number of aromatic nitrogens is 1. The fraction of sp³-hybridized carbons (Fsp3) is 0.353. The van der Waals surface area contributed by atoms with Gasteiger partial charge in [-0.3, -0.25) is 9.59 Å². The highest BCUT2D eigenvalue weighted by molar-refractivity contribution is 7.13. The molecule has 2 N–H and O–H groups in total. The lowest BCUT2D eigenvalue weighted by Gasteiger charge is -2.30. The van der Waals surface area contributed by atoms with Crippen molar-refractivity contribution in [1.82, 2.24) is 9.88 Å². The highest BCUT2D eigenvalue weighted by atomic mass is 32.1. The van der Waals surface area contributed by atoms with Crippen molar-refractivity contribution in [2.24, 2.45) is 11.7 Å². The van der Waals surface area contributed by atoms with Gasteiger partial charge < -0.3 is 15.4 Å². The van der Waals surface area contributed by atoms with E-state index < -0.39 is 0 Å². The van der Waals surface area contributed by atoms with Gasteiger partial charge in [-0.25, -0.2) is 4.98 Å². The number of ether oxygens (including phenoxy) is 1. The molecule has 126 valence electrons. The Morgan fingerprint density at radius 1 is 1.33 bits per heavy atom. The van der Waals surface area contributed by atoms with Gasteiger partial charge in [-0.1, -0.05) is 0 Å². The number of hydrogen-bond donors (Lipinski definition) is 1. The molecule has 1 unspecified atom stereocenters. The molecule has 1 aromatic heterocycles. The maximum absolute atomic E-state index is 12.6. The molecule has 0 saturated carbocycles. The Bertz CT molecular complexity index is 742. The van der Waals surface area contributed by atoms with Crippen LogP contribution in [0.25, 0.3) is 10.6 Å². The van der Waals surface area contributed by atoms with Crippen LogP contribution < -0.4 is 10.5 Å². The molecule has 2 heterocycles. The van der Waals surface area contributed by atoms with E-state index in [4.69, 9.17) is 10.5 Å². The first-order valence-corrected chi connectivity index (χ1v) is 8.65. The average Bonchev–Trinajstić information content (AvgIpc) is 3.11. The number of methoxy groups -OCH3 is 1. The molecule has 1 saturated heterocycles. The third kappa shape index (κ3) is 3.41. The molecule has 0 bridgehead atoms. The first-order chi connectivity index (χ1) is 11.6. The topological polar surface area (TPSA) is 85.5 Å². The monoisotopic (exact) mass is 345 g/mol. The molecule has 2 amide bonds. The van der Waals surface area contributed by atoms with Crippen molar-refractivity contribution >= 4 is 23.2 Å². The smallest absolute Gasteiger partial charge is 0.273 e. The summed E-state index contributed by atoms with van der Waals surface area (Å²) in [5.41, 5.74) is 6.72. The van der Waals surface area contributed by atoms with Gasteiger partial charge in [0.1, 0.15) is 16.5 Å². The van der Waals surface area contributed by atoms with Crippen molar-refractivity contribution in [2.45, 2.75) is 12.8 Å². The minimum absolute atomic E-state index is 0.142. The lowest BCUT2D eigenvalue weighted by molar-refractivity contribution is -0.123. The average molecular weight is 345 g/mol. The summed E-state index contributed by atoms with van der Waals surface area (Å²) in [5.74, 6) is 0.0291. The third-order valence-electron chi connectivity index (χ3n) is 4.17. The van der Waals surface area contributed by atoms with Crippen molar-refractivity contribution in [3.63, 3.8) is 0 Å². The minimum atomic E-state index is -0.343. The van der Waals surface area contributed by atoms with Gasteiger partial charge in [-0.2, -0.15) is 0 Å². The summed E-state index contributed by atoms with van der Waals surface area (Å²) in [5, 5.41) is 2.54. The van der Waals surface area contributed by atoms with Crippen LogP contribution in [0.1, 0.15) is 23.3 Å². The Kier molecular flexibility index (Phi) is 4.80. The Labute approximate surface area is 144 Å². The normalized spacial score (nSPS) is 17.5. The number of thiazole rings is 1. The Morgan fingerprint density at radius 3 is 2.75 bits per heavy atom. The number of nitrogens with zero attached hydrogens (tertiary/aromatic N) is 2. The highest BCUT2D eigenvalue weighted by Crippen LogP contribution is 2.27. The van der Waals surface area contributed by atoms with Crippen LogP contribution in [0.3, 0.4) is 0 Å². The Balaban J connectivity index is 1.74.